The Morgan fingerprint density at radius 1 is 1.38 bits per heavy atom. The summed E-state index contributed by atoms with van der Waals surface area (Å²) in [5, 5.41) is 4.13. The molecular formula is C14H15N3O4. The maximum absolute atomic E-state index is 11.1. The van der Waals surface area contributed by atoms with Crippen molar-refractivity contribution in [2.45, 2.75) is 26.5 Å². The van der Waals surface area contributed by atoms with Crippen LogP contribution < -0.4 is 14.2 Å². The van der Waals surface area contributed by atoms with E-state index in [9.17, 15) is 4.79 Å². The van der Waals surface area contributed by atoms with Gasteiger partial charge < -0.3 is 14.2 Å². The number of benzene rings is 1. The molecule has 7 heteroatoms. The van der Waals surface area contributed by atoms with E-state index in [1.54, 1.807) is 16.8 Å². The first-order chi connectivity index (χ1) is 10.3. The summed E-state index contributed by atoms with van der Waals surface area (Å²) < 4.78 is 18.0. The average Bonchev–Trinajstić information content (AvgIpc) is 3.12. The zero-order chi connectivity index (χ0) is 14.7. The van der Waals surface area contributed by atoms with E-state index in [1.165, 1.54) is 6.33 Å². The smallest absolute Gasteiger partial charge is 0.231 e. The number of hydrogen-bond donors (Lipinski definition) is 0. The summed E-state index contributed by atoms with van der Waals surface area (Å²) in [4.78, 5) is 15.3. The van der Waals surface area contributed by atoms with Crippen LogP contribution in [-0.2, 0) is 13.2 Å². The molecule has 1 aliphatic rings. The number of rotatable bonds is 6. The largest absolute Gasteiger partial charge is 0.485 e. The molecule has 0 unspecified atom stereocenters. The Morgan fingerprint density at radius 2 is 2.19 bits per heavy atom. The molecule has 0 spiro atoms. The van der Waals surface area contributed by atoms with Crippen LogP contribution in [0, 0.1) is 0 Å². The number of carbonyl (C=O) groups excluding carboxylic acids is 1. The Morgan fingerprint density at radius 3 is 2.95 bits per heavy atom. The molecule has 1 aliphatic heterocycles. The summed E-state index contributed by atoms with van der Waals surface area (Å²) in [6, 6.07) is 3.27. The fraction of sp³-hybridized carbons (Fsp3) is 0.357. The van der Waals surface area contributed by atoms with Crippen LogP contribution in [0.5, 0.6) is 17.2 Å². The SMILES string of the molecule is CCCn1ncnc1COc1cc2c(cc1C=O)OCO2. The first kappa shape index (κ1) is 13.4. The van der Waals surface area contributed by atoms with Crippen LogP contribution in [0.4, 0.5) is 0 Å². The van der Waals surface area contributed by atoms with Crippen molar-refractivity contribution >= 4 is 6.29 Å². The molecule has 0 N–H and O–H groups in total. The number of aldehydes is 1. The molecule has 0 aliphatic carbocycles. The molecule has 2 heterocycles. The molecular weight excluding hydrogens is 274 g/mol. The molecule has 3 rings (SSSR count). The van der Waals surface area contributed by atoms with E-state index in [1.807, 2.05) is 0 Å². The first-order valence-corrected chi connectivity index (χ1v) is 6.70. The van der Waals surface area contributed by atoms with Gasteiger partial charge in [-0.3, -0.25) is 4.79 Å². The number of fused-ring (bicyclic) bond motifs is 1. The van der Waals surface area contributed by atoms with Gasteiger partial charge in [0.15, 0.2) is 23.6 Å². The van der Waals surface area contributed by atoms with E-state index in [0.717, 1.165) is 19.3 Å². The highest BCUT2D eigenvalue weighted by Gasteiger charge is 2.18. The van der Waals surface area contributed by atoms with Gasteiger partial charge in [-0.2, -0.15) is 5.10 Å². The molecule has 0 fully saturated rings. The highest BCUT2D eigenvalue weighted by molar-refractivity contribution is 5.81. The van der Waals surface area contributed by atoms with E-state index in [4.69, 9.17) is 14.2 Å². The van der Waals surface area contributed by atoms with Crippen molar-refractivity contribution < 1.29 is 19.0 Å². The standard InChI is InChI=1S/C14H15N3O4/c1-2-3-17-14(15-8-16-17)7-19-11-5-13-12(20-9-21-13)4-10(11)6-18/h4-6,8H,2-3,7,9H2,1H3. The Balaban J connectivity index is 1.78. The van der Waals surface area contributed by atoms with Crippen LogP contribution in [0.2, 0.25) is 0 Å². The van der Waals surface area contributed by atoms with Gasteiger partial charge in [0.2, 0.25) is 6.79 Å². The number of ether oxygens (including phenoxy) is 3. The molecule has 0 saturated carbocycles. The molecule has 0 amide bonds. The average molecular weight is 289 g/mol. The van der Waals surface area contributed by atoms with Gasteiger partial charge >= 0.3 is 0 Å². The normalized spacial score (nSPS) is 12.4. The third kappa shape index (κ3) is 2.67. The van der Waals surface area contributed by atoms with Gasteiger partial charge in [0, 0.05) is 12.6 Å². The summed E-state index contributed by atoms with van der Waals surface area (Å²) in [5.74, 6) is 2.29. The molecule has 110 valence electrons. The lowest BCUT2D eigenvalue weighted by molar-refractivity contribution is 0.111. The second-order valence-corrected chi connectivity index (χ2v) is 4.55. The molecule has 0 radical (unpaired) electrons. The fourth-order valence-electron chi connectivity index (χ4n) is 2.10. The minimum absolute atomic E-state index is 0.155. The Kier molecular flexibility index (Phi) is 3.72. The van der Waals surface area contributed by atoms with Crippen molar-refractivity contribution in [2.75, 3.05) is 6.79 Å². The summed E-state index contributed by atoms with van der Waals surface area (Å²) >= 11 is 0. The zero-order valence-corrected chi connectivity index (χ0v) is 11.6. The third-order valence-electron chi connectivity index (χ3n) is 3.12. The number of hydrogen-bond acceptors (Lipinski definition) is 6. The van der Waals surface area contributed by atoms with Gasteiger partial charge in [-0.25, -0.2) is 9.67 Å². The highest BCUT2D eigenvalue weighted by atomic mass is 16.7. The molecule has 0 bridgehead atoms. The molecule has 0 saturated heterocycles. The first-order valence-electron chi connectivity index (χ1n) is 6.70. The Labute approximate surface area is 121 Å². The predicted octanol–water partition coefficient (Wildman–Crippen LogP) is 1.81. The van der Waals surface area contributed by atoms with E-state index >= 15 is 0 Å². The van der Waals surface area contributed by atoms with E-state index < -0.39 is 0 Å². The molecule has 1 aromatic carbocycles. The lowest BCUT2D eigenvalue weighted by Gasteiger charge is -2.10. The number of aromatic nitrogens is 3. The van der Waals surface area contributed by atoms with Crippen molar-refractivity contribution in [3.63, 3.8) is 0 Å². The lowest BCUT2D eigenvalue weighted by atomic mass is 10.2. The topological polar surface area (TPSA) is 75.5 Å². The zero-order valence-electron chi connectivity index (χ0n) is 11.6. The van der Waals surface area contributed by atoms with E-state index in [2.05, 4.69) is 17.0 Å². The third-order valence-corrected chi connectivity index (χ3v) is 3.12. The van der Waals surface area contributed by atoms with Crippen LogP contribution >= 0.6 is 0 Å². The minimum atomic E-state index is 0.155. The van der Waals surface area contributed by atoms with Crippen molar-refractivity contribution in [3.05, 3.63) is 29.8 Å². The second kappa shape index (κ2) is 5.82. The van der Waals surface area contributed by atoms with Gasteiger partial charge in [0.25, 0.3) is 0 Å². The fourth-order valence-corrected chi connectivity index (χ4v) is 2.10. The van der Waals surface area contributed by atoms with Gasteiger partial charge in [-0.15, -0.1) is 0 Å². The monoisotopic (exact) mass is 289 g/mol. The summed E-state index contributed by atoms with van der Waals surface area (Å²) in [6.07, 6.45) is 3.18. The lowest BCUT2D eigenvalue weighted by Crippen LogP contribution is -2.09. The summed E-state index contributed by atoms with van der Waals surface area (Å²) in [6.45, 7) is 3.23. The van der Waals surface area contributed by atoms with Crippen molar-refractivity contribution in [2.24, 2.45) is 0 Å². The molecule has 21 heavy (non-hydrogen) atoms. The summed E-state index contributed by atoms with van der Waals surface area (Å²) in [5.41, 5.74) is 0.417. The van der Waals surface area contributed by atoms with Gasteiger partial charge in [0.05, 0.1) is 5.56 Å². The van der Waals surface area contributed by atoms with Crippen LogP contribution in [0.25, 0.3) is 0 Å². The maximum Gasteiger partial charge on any atom is 0.231 e. The summed E-state index contributed by atoms with van der Waals surface area (Å²) in [7, 11) is 0. The predicted molar refractivity (Wildman–Crippen MR) is 72.6 cm³/mol. The van der Waals surface area contributed by atoms with Crippen molar-refractivity contribution in [1.29, 1.82) is 0 Å². The number of carbonyl (C=O) groups is 1. The van der Waals surface area contributed by atoms with Gasteiger partial charge in [0.1, 0.15) is 18.7 Å². The molecule has 0 atom stereocenters. The quantitative estimate of drug-likeness (QED) is 0.755. The van der Waals surface area contributed by atoms with Crippen LogP contribution in [0.15, 0.2) is 18.5 Å². The maximum atomic E-state index is 11.1. The van der Waals surface area contributed by atoms with Gasteiger partial charge in [-0.1, -0.05) is 6.92 Å². The molecule has 7 nitrogen and oxygen atoms in total. The molecule has 1 aromatic heterocycles. The van der Waals surface area contributed by atoms with Crippen LogP contribution in [-0.4, -0.2) is 27.8 Å². The van der Waals surface area contributed by atoms with Crippen molar-refractivity contribution in [1.82, 2.24) is 14.8 Å². The Bertz CT molecular complexity index is 654. The van der Waals surface area contributed by atoms with Crippen LogP contribution in [0.1, 0.15) is 29.5 Å². The Hall–Kier alpha value is -2.57. The van der Waals surface area contributed by atoms with Gasteiger partial charge in [-0.05, 0) is 12.5 Å². The number of aryl methyl sites for hydroxylation is 1. The van der Waals surface area contributed by atoms with E-state index in [-0.39, 0.29) is 13.4 Å². The van der Waals surface area contributed by atoms with Crippen LogP contribution in [0.3, 0.4) is 0 Å². The molecule has 2 aromatic rings. The van der Waals surface area contributed by atoms with E-state index in [0.29, 0.717) is 28.6 Å². The highest BCUT2D eigenvalue weighted by Crippen LogP contribution is 2.37. The van der Waals surface area contributed by atoms with Crippen molar-refractivity contribution in [3.8, 4) is 17.2 Å². The second-order valence-electron chi connectivity index (χ2n) is 4.55. The number of nitrogens with zero attached hydrogens (tertiary/aromatic N) is 3. The minimum Gasteiger partial charge on any atom is -0.485 e.